The Labute approximate surface area is 149 Å². The van der Waals surface area contributed by atoms with E-state index in [1.165, 1.54) is 0 Å². The quantitative estimate of drug-likeness (QED) is 0.602. The molecule has 1 aromatic carbocycles. The molecule has 9 heteroatoms. The second-order valence-electron chi connectivity index (χ2n) is 6.37. The molecule has 0 saturated carbocycles. The fourth-order valence-corrected chi connectivity index (χ4v) is 3.43. The molecule has 4 aromatic rings. The molecule has 0 aliphatic carbocycles. The summed E-state index contributed by atoms with van der Waals surface area (Å²) in [6.07, 6.45) is 5.44. The number of aromatic nitrogens is 8. The van der Waals surface area contributed by atoms with Crippen LogP contribution >= 0.6 is 0 Å². The molecule has 0 atom stereocenters. The van der Waals surface area contributed by atoms with E-state index in [4.69, 9.17) is 4.98 Å². The van der Waals surface area contributed by atoms with Crippen LogP contribution in [0.5, 0.6) is 0 Å². The maximum absolute atomic E-state index is 4.71. The molecule has 130 valence electrons. The fourth-order valence-electron chi connectivity index (χ4n) is 3.43. The maximum Gasteiger partial charge on any atom is 0.221 e. The van der Waals surface area contributed by atoms with Crippen molar-refractivity contribution in [1.82, 2.24) is 40.2 Å². The Morgan fingerprint density at radius 1 is 1.08 bits per heavy atom. The minimum Gasteiger partial charge on any atom is -0.353 e. The van der Waals surface area contributed by atoms with Crippen LogP contribution in [0, 0.1) is 0 Å². The van der Waals surface area contributed by atoms with Gasteiger partial charge in [-0.25, -0.2) is 9.97 Å². The lowest BCUT2D eigenvalue weighted by atomic mass is 9.96. The van der Waals surface area contributed by atoms with E-state index < -0.39 is 0 Å². The molecule has 5 rings (SSSR count). The Morgan fingerprint density at radius 2 is 1.92 bits per heavy atom. The first kappa shape index (κ1) is 14.9. The zero-order valence-corrected chi connectivity index (χ0v) is 14.0. The Kier molecular flexibility index (Phi) is 3.55. The van der Waals surface area contributed by atoms with Crippen LogP contribution in [0.25, 0.3) is 17.0 Å². The van der Waals surface area contributed by atoms with Crippen LogP contribution in [-0.4, -0.2) is 53.3 Å². The number of fused-ring (bicyclic) bond motifs is 1. The Hall–Kier alpha value is -3.36. The number of nitrogens with one attached hydrogen (secondary N) is 1. The molecule has 0 unspecified atom stereocenters. The van der Waals surface area contributed by atoms with Crippen molar-refractivity contribution < 1.29 is 0 Å². The lowest BCUT2D eigenvalue weighted by Crippen LogP contribution is -2.34. The van der Waals surface area contributed by atoms with Gasteiger partial charge in [-0.3, -0.25) is 5.10 Å². The van der Waals surface area contributed by atoms with Gasteiger partial charge in [0.2, 0.25) is 5.65 Å². The summed E-state index contributed by atoms with van der Waals surface area (Å²) in [5.74, 6) is 2.91. The third kappa shape index (κ3) is 2.57. The van der Waals surface area contributed by atoms with Crippen molar-refractivity contribution in [3.05, 3.63) is 48.5 Å². The van der Waals surface area contributed by atoms with Crippen LogP contribution in [0.2, 0.25) is 0 Å². The summed E-state index contributed by atoms with van der Waals surface area (Å²) in [4.78, 5) is 11.4. The smallest absolute Gasteiger partial charge is 0.221 e. The molecule has 1 aliphatic heterocycles. The van der Waals surface area contributed by atoms with Crippen LogP contribution in [0.15, 0.2) is 42.7 Å². The number of tetrazole rings is 1. The normalized spacial score (nSPS) is 15.6. The number of aromatic amines is 1. The second-order valence-corrected chi connectivity index (χ2v) is 6.37. The molecule has 0 bridgehead atoms. The summed E-state index contributed by atoms with van der Waals surface area (Å²) in [5.41, 5.74) is 1.72. The zero-order chi connectivity index (χ0) is 17.3. The minimum absolute atomic E-state index is 0.368. The highest BCUT2D eigenvalue weighted by Crippen LogP contribution is 2.29. The predicted octanol–water partition coefficient (Wildman–Crippen LogP) is 1.69. The summed E-state index contributed by atoms with van der Waals surface area (Å²) in [7, 11) is 0. The first-order valence-electron chi connectivity index (χ1n) is 8.64. The van der Waals surface area contributed by atoms with Gasteiger partial charge in [-0.05, 0) is 23.3 Å². The summed E-state index contributed by atoms with van der Waals surface area (Å²) in [6.45, 7) is 1.76. The molecule has 0 amide bonds. The van der Waals surface area contributed by atoms with Crippen LogP contribution in [-0.2, 0) is 0 Å². The molecule has 1 aliphatic rings. The first-order chi connectivity index (χ1) is 12.9. The van der Waals surface area contributed by atoms with Crippen LogP contribution in [0.1, 0.15) is 24.6 Å². The molecule has 4 heterocycles. The van der Waals surface area contributed by atoms with Crippen molar-refractivity contribution in [2.45, 2.75) is 18.8 Å². The van der Waals surface area contributed by atoms with Gasteiger partial charge in [-0.1, -0.05) is 30.3 Å². The lowest BCUT2D eigenvalue weighted by Gasteiger charge is -2.31. The van der Waals surface area contributed by atoms with Gasteiger partial charge in [0, 0.05) is 30.8 Å². The van der Waals surface area contributed by atoms with Gasteiger partial charge in [-0.15, -0.1) is 5.10 Å². The van der Waals surface area contributed by atoms with Gasteiger partial charge in [-0.2, -0.15) is 9.61 Å². The number of benzene rings is 1. The number of nitrogens with zero attached hydrogens (tertiary/aromatic N) is 8. The van der Waals surface area contributed by atoms with Crippen LogP contribution < -0.4 is 4.90 Å². The van der Waals surface area contributed by atoms with E-state index >= 15 is 0 Å². The summed E-state index contributed by atoms with van der Waals surface area (Å²) in [5, 5.41) is 19.2. The van der Waals surface area contributed by atoms with Crippen molar-refractivity contribution in [3.63, 3.8) is 0 Å². The van der Waals surface area contributed by atoms with Crippen molar-refractivity contribution >= 4 is 11.5 Å². The van der Waals surface area contributed by atoms with E-state index in [1.54, 1.807) is 16.9 Å². The van der Waals surface area contributed by atoms with E-state index in [1.807, 2.05) is 30.3 Å². The number of hydrogen-bond donors (Lipinski definition) is 1. The summed E-state index contributed by atoms with van der Waals surface area (Å²) in [6, 6.07) is 10.0. The molecule has 1 N–H and O–H groups in total. The number of hydrogen-bond acceptors (Lipinski definition) is 7. The third-order valence-corrected chi connectivity index (χ3v) is 4.81. The van der Waals surface area contributed by atoms with E-state index in [9.17, 15) is 0 Å². The molecule has 9 nitrogen and oxygen atoms in total. The Balaban J connectivity index is 1.32. The van der Waals surface area contributed by atoms with E-state index in [-0.39, 0.29) is 0 Å². The first-order valence-corrected chi connectivity index (χ1v) is 8.64. The second kappa shape index (κ2) is 6.17. The minimum atomic E-state index is 0.368. The molecular weight excluding hydrogens is 330 g/mol. The summed E-state index contributed by atoms with van der Waals surface area (Å²) >= 11 is 0. The van der Waals surface area contributed by atoms with Gasteiger partial charge in [0.15, 0.2) is 11.6 Å². The third-order valence-electron chi connectivity index (χ3n) is 4.81. The molecule has 26 heavy (non-hydrogen) atoms. The molecule has 3 aromatic heterocycles. The van der Waals surface area contributed by atoms with E-state index in [0.29, 0.717) is 11.6 Å². The van der Waals surface area contributed by atoms with Crippen molar-refractivity contribution in [3.8, 4) is 11.4 Å². The number of piperidine rings is 1. The largest absolute Gasteiger partial charge is 0.353 e. The van der Waals surface area contributed by atoms with Gasteiger partial charge in [0.1, 0.15) is 5.82 Å². The molecular formula is C17H17N9. The van der Waals surface area contributed by atoms with Gasteiger partial charge < -0.3 is 4.90 Å². The number of H-pyrrole nitrogens is 1. The predicted molar refractivity (Wildman–Crippen MR) is 94.6 cm³/mol. The average Bonchev–Trinajstić information content (AvgIpc) is 3.38. The molecule has 0 radical (unpaired) electrons. The standard InChI is InChI=1S/C17H17N9/c1-2-4-12(5-3-1)14-19-15(21-20-14)13-6-9-25(10-7-13)16-17-22-23-24-26(17)11-8-18-16/h1-5,8,11,13H,6-7,9-10H2,(H,19,20,21). The number of anilines is 1. The van der Waals surface area contributed by atoms with Crippen molar-refractivity contribution in [2.75, 3.05) is 18.0 Å². The topological polar surface area (TPSA) is 101 Å². The van der Waals surface area contributed by atoms with Gasteiger partial charge in [0.05, 0.1) is 6.20 Å². The van der Waals surface area contributed by atoms with E-state index in [0.717, 1.165) is 49.0 Å². The Bertz CT molecular complexity index is 1010. The van der Waals surface area contributed by atoms with Gasteiger partial charge in [0.25, 0.3) is 0 Å². The van der Waals surface area contributed by atoms with Crippen LogP contribution in [0.4, 0.5) is 5.82 Å². The summed E-state index contributed by atoms with van der Waals surface area (Å²) < 4.78 is 1.65. The van der Waals surface area contributed by atoms with Crippen molar-refractivity contribution in [2.24, 2.45) is 0 Å². The molecule has 1 fully saturated rings. The highest BCUT2D eigenvalue weighted by Gasteiger charge is 2.25. The van der Waals surface area contributed by atoms with Crippen LogP contribution in [0.3, 0.4) is 0 Å². The van der Waals surface area contributed by atoms with E-state index in [2.05, 4.69) is 35.6 Å². The highest BCUT2D eigenvalue weighted by atomic mass is 15.5. The highest BCUT2D eigenvalue weighted by molar-refractivity contribution is 5.62. The van der Waals surface area contributed by atoms with Crippen molar-refractivity contribution in [1.29, 1.82) is 0 Å². The monoisotopic (exact) mass is 347 g/mol. The molecule has 1 saturated heterocycles. The lowest BCUT2D eigenvalue weighted by molar-refractivity contribution is 0.485. The van der Waals surface area contributed by atoms with Gasteiger partial charge >= 0.3 is 0 Å². The number of rotatable bonds is 3. The Morgan fingerprint density at radius 3 is 2.77 bits per heavy atom. The SMILES string of the molecule is c1ccc(-c2n[nH]c(C3CCN(c4nccn5nnnc45)CC3)n2)cc1. The zero-order valence-electron chi connectivity index (χ0n) is 14.0. The fraction of sp³-hybridized carbons (Fsp3) is 0.294. The maximum atomic E-state index is 4.71. The average molecular weight is 347 g/mol. The molecule has 0 spiro atoms.